The zero-order valence-corrected chi connectivity index (χ0v) is 47.2. The molecule has 2 saturated heterocycles. The van der Waals surface area contributed by atoms with Crippen LogP contribution < -0.4 is 5.32 Å². The molecule has 76 heavy (non-hydrogen) atoms. The molecule has 0 spiro atoms. The van der Waals surface area contributed by atoms with E-state index < -0.39 is 86.8 Å². The number of hydrogen-bond acceptors (Lipinski definition) is 13. The first-order chi connectivity index (χ1) is 37.1. The average molecular weight is 1080 g/mol. The van der Waals surface area contributed by atoms with Crippen molar-refractivity contribution in [2.75, 3.05) is 19.8 Å². The van der Waals surface area contributed by atoms with Crippen molar-refractivity contribution < 1.29 is 64.6 Å². The lowest BCUT2D eigenvalue weighted by Crippen LogP contribution is -2.65. The molecule has 1 amide bonds. The van der Waals surface area contributed by atoms with E-state index in [0.717, 1.165) is 64.2 Å². The zero-order valence-electron chi connectivity index (χ0n) is 47.2. The Balaban J connectivity index is 1.65. The van der Waals surface area contributed by atoms with E-state index >= 15 is 0 Å². The summed E-state index contributed by atoms with van der Waals surface area (Å²) in [5.74, 6) is -0.257. The van der Waals surface area contributed by atoms with Gasteiger partial charge in [-0.25, -0.2) is 0 Å². The summed E-state index contributed by atoms with van der Waals surface area (Å²) in [6.07, 6.45) is 45.4. The normalized spacial score (nSPS) is 25.4. The quantitative estimate of drug-likeness (QED) is 0.0204. The molecule has 0 saturated carbocycles. The highest BCUT2D eigenvalue weighted by Gasteiger charge is 2.51. The Hall–Kier alpha value is -2.57. The Labute approximate surface area is 459 Å². The lowest BCUT2D eigenvalue weighted by atomic mass is 9.97. The maximum Gasteiger partial charge on any atom is 0.220 e. The predicted octanol–water partition coefficient (Wildman–Crippen LogP) is 10.3. The third kappa shape index (κ3) is 32.5. The number of aliphatic hydroxyl groups excluding tert-OH is 8. The van der Waals surface area contributed by atoms with Crippen LogP contribution in [0.5, 0.6) is 0 Å². The molecule has 0 aromatic heterocycles. The van der Waals surface area contributed by atoms with Gasteiger partial charge in [-0.05, 0) is 77.0 Å². The molecule has 12 unspecified atom stereocenters. The van der Waals surface area contributed by atoms with Crippen LogP contribution in [0.1, 0.15) is 219 Å². The van der Waals surface area contributed by atoms with E-state index in [0.29, 0.717) is 12.8 Å². The van der Waals surface area contributed by atoms with Crippen LogP contribution >= 0.6 is 0 Å². The second kappa shape index (κ2) is 47.3. The number of rotatable bonds is 47. The number of hydrogen-bond donors (Lipinski definition) is 9. The van der Waals surface area contributed by atoms with Gasteiger partial charge in [0, 0.05) is 6.42 Å². The maximum absolute atomic E-state index is 13.2. The molecule has 0 aromatic carbocycles. The highest BCUT2D eigenvalue weighted by molar-refractivity contribution is 5.76. The minimum atomic E-state index is -1.79. The van der Waals surface area contributed by atoms with Crippen LogP contribution in [0.4, 0.5) is 0 Å². The molecule has 0 aliphatic carbocycles. The Bertz CT molecular complexity index is 1550. The summed E-state index contributed by atoms with van der Waals surface area (Å²) in [5, 5.41) is 86.8. The van der Waals surface area contributed by atoms with Crippen LogP contribution in [0.25, 0.3) is 0 Å². The largest absolute Gasteiger partial charge is 0.394 e. The van der Waals surface area contributed by atoms with Crippen LogP contribution in [-0.4, -0.2) is 140 Å². The van der Waals surface area contributed by atoms with Gasteiger partial charge in [-0.3, -0.25) is 4.79 Å². The molecule has 0 aromatic rings. The summed E-state index contributed by atoms with van der Waals surface area (Å²) in [6, 6.07) is -0.939. The number of amides is 1. The van der Waals surface area contributed by atoms with Crippen molar-refractivity contribution in [2.24, 2.45) is 0 Å². The van der Waals surface area contributed by atoms with Gasteiger partial charge in [0.2, 0.25) is 5.91 Å². The van der Waals surface area contributed by atoms with Crippen molar-refractivity contribution >= 4 is 5.91 Å². The highest BCUT2D eigenvalue weighted by atomic mass is 16.7. The lowest BCUT2D eigenvalue weighted by Gasteiger charge is -2.46. The van der Waals surface area contributed by atoms with Crippen molar-refractivity contribution in [1.29, 1.82) is 0 Å². The first kappa shape index (κ1) is 69.5. The van der Waals surface area contributed by atoms with E-state index in [1.54, 1.807) is 6.08 Å². The lowest BCUT2D eigenvalue weighted by molar-refractivity contribution is -0.359. The molecule has 2 heterocycles. The van der Waals surface area contributed by atoms with Crippen LogP contribution in [0, 0.1) is 0 Å². The van der Waals surface area contributed by atoms with Gasteiger partial charge < -0.3 is 65.1 Å². The van der Waals surface area contributed by atoms with Crippen molar-refractivity contribution in [1.82, 2.24) is 5.32 Å². The van der Waals surface area contributed by atoms with E-state index in [4.69, 9.17) is 18.9 Å². The number of aliphatic hydroxyl groups is 8. The van der Waals surface area contributed by atoms with Gasteiger partial charge in [-0.2, -0.15) is 0 Å². The minimum absolute atomic E-state index is 0.257. The first-order valence-corrected chi connectivity index (χ1v) is 30.2. The van der Waals surface area contributed by atoms with E-state index in [9.17, 15) is 45.6 Å². The molecule has 0 bridgehead atoms. The number of unbranched alkanes of at least 4 members (excludes halogenated alkanes) is 24. The highest BCUT2D eigenvalue weighted by Crippen LogP contribution is 2.30. The summed E-state index contributed by atoms with van der Waals surface area (Å²) in [5.41, 5.74) is 0. The van der Waals surface area contributed by atoms with Crippen LogP contribution in [0.2, 0.25) is 0 Å². The molecule has 2 aliphatic rings. The molecule has 440 valence electrons. The van der Waals surface area contributed by atoms with Gasteiger partial charge in [-0.15, -0.1) is 0 Å². The fourth-order valence-corrected chi connectivity index (χ4v) is 9.46. The maximum atomic E-state index is 13.2. The van der Waals surface area contributed by atoms with Crippen LogP contribution in [-0.2, 0) is 23.7 Å². The Morgan fingerprint density at radius 2 is 0.908 bits per heavy atom. The molecule has 2 rings (SSSR count). The van der Waals surface area contributed by atoms with Gasteiger partial charge in [0.05, 0.1) is 32.0 Å². The topological polar surface area (TPSA) is 228 Å². The molecular weight excluding hydrogens is 967 g/mol. The second-order valence-corrected chi connectivity index (χ2v) is 21.1. The van der Waals surface area contributed by atoms with E-state index in [-0.39, 0.29) is 18.9 Å². The van der Waals surface area contributed by atoms with Crippen LogP contribution in [0.3, 0.4) is 0 Å². The first-order valence-electron chi connectivity index (χ1n) is 30.2. The van der Waals surface area contributed by atoms with Crippen LogP contribution in [0.15, 0.2) is 72.9 Å². The third-order valence-corrected chi connectivity index (χ3v) is 14.3. The van der Waals surface area contributed by atoms with Crippen molar-refractivity contribution in [3.05, 3.63) is 72.9 Å². The van der Waals surface area contributed by atoms with E-state index in [1.165, 1.54) is 122 Å². The van der Waals surface area contributed by atoms with Crippen molar-refractivity contribution in [3.63, 3.8) is 0 Å². The number of nitrogens with one attached hydrogen (secondary N) is 1. The smallest absolute Gasteiger partial charge is 0.220 e. The van der Waals surface area contributed by atoms with E-state index in [1.807, 2.05) is 6.08 Å². The second-order valence-electron chi connectivity index (χ2n) is 21.1. The summed E-state index contributed by atoms with van der Waals surface area (Å²) < 4.78 is 22.7. The SMILES string of the molecule is CCC/C=C/CC/C=C/CC/C=C/C(O)C(COC1OC(CO)C(OC2OC(CO)C(O)C(O)C2O)C(O)C1O)NC(=O)CCCCCCCCCCCCCCCCCC/C=C\C/C=C\C/C=C\CCCCCCC. The molecule has 2 fully saturated rings. The molecule has 0 radical (unpaired) electrons. The number of carbonyl (C=O) groups is 1. The summed E-state index contributed by atoms with van der Waals surface area (Å²) in [7, 11) is 0. The van der Waals surface area contributed by atoms with Gasteiger partial charge in [0.1, 0.15) is 48.8 Å². The molecule has 2 aliphatic heterocycles. The Morgan fingerprint density at radius 1 is 0.474 bits per heavy atom. The molecule has 14 heteroatoms. The van der Waals surface area contributed by atoms with Gasteiger partial charge >= 0.3 is 0 Å². The van der Waals surface area contributed by atoms with Gasteiger partial charge in [0.15, 0.2) is 12.6 Å². The fraction of sp³-hybridized carbons (Fsp3) is 0.790. The molecule has 12 atom stereocenters. The Kier molecular flexibility index (Phi) is 43.2. The fourth-order valence-electron chi connectivity index (χ4n) is 9.46. The molecule has 14 nitrogen and oxygen atoms in total. The predicted molar refractivity (Wildman–Crippen MR) is 304 cm³/mol. The summed E-state index contributed by atoms with van der Waals surface area (Å²) in [6.45, 7) is 2.67. The third-order valence-electron chi connectivity index (χ3n) is 14.3. The van der Waals surface area contributed by atoms with E-state index in [2.05, 4.69) is 79.9 Å². The zero-order chi connectivity index (χ0) is 55.3. The van der Waals surface area contributed by atoms with Crippen molar-refractivity contribution in [3.8, 4) is 0 Å². The Morgan fingerprint density at radius 3 is 1.42 bits per heavy atom. The average Bonchev–Trinajstić information content (AvgIpc) is 3.42. The van der Waals surface area contributed by atoms with Crippen molar-refractivity contribution in [2.45, 2.75) is 293 Å². The monoisotopic (exact) mass is 1080 g/mol. The number of ether oxygens (including phenoxy) is 4. The summed E-state index contributed by atoms with van der Waals surface area (Å²) in [4.78, 5) is 13.2. The molecule has 9 N–H and O–H groups in total. The van der Waals surface area contributed by atoms with Gasteiger partial charge in [0.25, 0.3) is 0 Å². The van der Waals surface area contributed by atoms with Gasteiger partial charge in [-0.1, -0.05) is 209 Å². The standard InChI is InChI=1S/C62H109NO13/c1-3-5-7-9-11-13-15-16-17-18-19-20-21-22-23-24-25-26-27-28-29-30-31-32-33-34-36-38-40-42-44-46-54(67)63-50(51(66)45-43-41-39-37-35-14-12-10-8-6-4-2)49-73-61-59(72)57(70)60(53(48-65)75-61)76-62-58(71)56(69)55(68)52(47-64)74-62/h8,10,15-16,18-19,21-22,35,37,43,45,50-53,55-62,64-66,68-72H,3-7,9,11-14,17,20,23-34,36,38-42,44,46-49H2,1-2H3,(H,63,67)/b10-8+,16-15-,19-18-,22-21-,37-35+,45-43+. The number of carbonyl (C=O) groups excluding carboxylic acids is 1. The summed E-state index contributed by atoms with van der Waals surface area (Å²) >= 11 is 0. The number of allylic oxidation sites excluding steroid dienone is 11. The molecular formula is C62H109NO13. The minimum Gasteiger partial charge on any atom is -0.394 e.